The van der Waals surface area contributed by atoms with Crippen molar-refractivity contribution >= 4 is 28.6 Å². The van der Waals surface area contributed by atoms with E-state index in [1.54, 1.807) is 4.68 Å². The molecule has 1 fully saturated rings. The second kappa shape index (κ2) is 6.29. The molecule has 8 nitrogen and oxygen atoms in total. The molecule has 1 N–H and O–H groups in total. The van der Waals surface area contributed by atoms with Gasteiger partial charge in [0.25, 0.3) is 0 Å². The van der Waals surface area contributed by atoms with Crippen LogP contribution in [0.1, 0.15) is 42.7 Å². The third kappa shape index (κ3) is 2.72. The van der Waals surface area contributed by atoms with E-state index in [2.05, 4.69) is 30.5 Å². The summed E-state index contributed by atoms with van der Waals surface area (Å²) in [5, 5.41) is 11.3. The maximum absolute atomic E-state index is 12.4. The number of rotatable bonds is 2. The Bertz CT molecular complexity index is 1000. The topological polar surface area (TPSA) is 88.8 Å². The molecule has 1 atom stereocenters. The zero-order valence-electron chi connectivity index (χ0n) is 15.2. The van der Waals surface area contributed by atoms with Gasteiger partial charge in [-0.3, -0.25) is 4.79 Å². The number of carbonyl (C=O) groups excluding carboxylic acids is 1. The third-order valence-electron chi connectivity index (χ3n) is 5.55. The minimum Gasteiger partial charge on any atom is -0.341 e. The van der Waals surface area contributed by atoms with Crippen molar-refractivity contribution in [1.29, 1.82) is 0 Å². The summed E-state index contributed by atoms with van der Waals surface area (Å²) in [6.07, 6.45) is 7.77. The molecule has 1 amide bonds. The lowest BCUT2D eigenvalue weighted by molar-refractivity contribution is -0.116. The van der Waals surface area contributed by atoms with Crippen molar-refractivity contribution in [1.82, 2.24) is 25.0 Å². The first-order chi connectivity index (χ1) is 13.2. The molecule has 1 saturated heterocycles. The Hall–Kier alpha value is -3.03. The number of nitrogens with one attached hydrogen (secondary N) is 1. The molecule has 2 aliphatic heterocycles. The maximum atomic E-state index is 12.4. The first-order valence-corrected chi connectivity index (χ1v) is 9.40. The average molecular weight is 363 g/mol. The second-order valence-corrected chi connectivity index (χ2v) is 7.28. The van der Waals surface area contributed by atoms with E-state index in [1.807, 2.05) is 31.6 Å². The molecule has 0 aliphatic carbocycles. The van der Waals surface area contributed by atoms with Gasteiger partial charge in [0.05, 0.1) is 11.2 Å². The predicted molar refractivity (Wildman–Crippen MR) is 102 cm³/mol. The molecular weight excluding hydrogens is 342 g/mol. The molecule has 4 heterocycles. The minimum absolute atomic E-state index is 0.0224. The van der Waals surface area contributed by atoms with Gasteiger partial charge in [0.1, 0.15) is 5.52 Å². The molecule has 0 bridgehead atoms. The van der Waals surface area contributed by atoms with Crippen molar-refractivity contribution in [3.63, 3.8) is 0 Å². The Labute approximate surface area is 156 Å². The Morgan fingerprint density at radius 1 is 1.11 bits per heavy atom. The van der Waals surface area contributed by atoms with Gasteiger partial charge in [-0.15, -0.1) is 5.10 Å². The molecule has 2 aromatic heterocycles. The lowest BCUT2D eigenvalue weighted by Gasteiger charge is -2.28. The monoisotopic (exact) mass is 363 g/mol. The van der Waals surface area contributed by atoms with Crippen LogP contribution in [0.25, 0.3) is 11.0 Å². The first-order valence-electron chi connectivity index (χ1n) is 9.40. The van der Waals surface area contributed by atoms with Crippen LogP contribution in [0.3, 0.4) is 0 Å². The minimum atomic E-state index is -0.0736. The standard InChI is InChI=1S/C19H21N7O/c1-25-15-6-5-13-14(9-16(27)22-17(13)18(15)23-24-25)12-10-20-19(21-11-12)26-7-3-2-4-8-26/h5-6,10-11,14H,2-4,7-9H2,1H3,(H,22,27). The number of aromatic nitrogens is 5. The highest BCUT2D eigenvalue weighted by atomic mass is 16.1. The van der Waals surface area contributed by atoms with Crippen LogP contribution in [0.5, 0.6) is 0 Å². The highest BCUT2D eigenvalue weighted by Gasteiger charge is 2.29. The molecule has 0 radical (unpaired) electrons. The van der Waals surface area contributed by atoms with E-state index in [0.29, 0.717) is 6.42 Å². The number of carbonyl (C=O) groups is 1. The van der Waals surface area contributed by atoms with Crippen molar-refractivity contribution in [2.45, 2.75) is 31.6 Å². The first kappa shape index (κ1) is 16.2. The highest BCUT2D eigenvalue weighted by molar-refractivity contribution is 6.03. The van der Waals surface area contributed by atoms with Crippen molar-refractivity contribution in [3.05, 3.63) is 35.7 Å². The van der Waals surface area contributed by atoms with Crippen LogP contribution >= 0.6 is 0 Å². The van der Waals surface area contributed by atoms with Crippen molar-refractivity contribution in [3.8, 4) is 0 Å². The summed E-state index contributed by atoms with van der Waals surface area (Å²) in [4.78, 5) is 23.8. The van der Waals surface area contributed by atoms with E-state index in [1.165, 1.54) is 19.3 Å². The molecule has 0 spiro atoms. The zero-order chi connectivity index (χ0) is 18.4. The summed E-state index contributed by atoms with van der Waals surface area (Å²) >= 11 is 0. The van der Waals surface area contributed by atoms with Crippen LogP contribution in [0, 0.1) is 0 Å². The molecular formula is C19H21N7O. The van der Waals surface area contributed by atoms with E-state index >= 15 is 0 Å². The molecule has 27 heavy (non-hydrogen) atoms. The fourth-order valence-electron chi connectivity index (χ4n) is 4.09. The number of hydrogen-bond acceptors (Lipinski definition) is 6. The number of nitrogens with zero attached hydrogens (tertiary/aromatic N) is 6. The van der Waals surface area contributed by atoms with Gasteiger partial charge in [-0.25, -0.2) is 14.6 Å². The lowest BCUT2D eigenvalue weighted by Crippen LogP contribution is -2.31. The maximum Gasteiger partial charge on any atom is 0.225 e. The van der Waals surface area contributed by atoms with Gasteiger partial charge in [0.2, 0.25) is 11.9 Å². The number of aryl methyl sites for hydroxylation is 1. The number of amides is 1. The summed E-state index contributed by atoms with van der Waals surface area (Å²) in [6, 6.07) is 4.05. The summed E-state index contributed by atoms with van der Waals surface area (Å²) in [5.74, 6) is 0.685. The van der Waals surface area contributed by atoms with Crippen LogP contribution in [-0.2, 0) is 11.8 Å². The number of benzene rings is 1. The quantitative estimate of drug-likeness (QED) is 0.751. The predicted octanol–water partition coefficient (Wildman–Crippen LogP) is 2.22. The Balaban J connectivity index is 1.52. The Morgan fingerprint density at radius 3 is 2.67 bits per heavy atom. The molecule has 0 saturated carbocycles. The molecule has 5 rings (SSSR count). The highest BCUT2D eigenvalue weighted by Crippen LogP contribution is 2.40. The number of piperidine rings is 1. The smallest absolute Gasteiger partial charge is 0.225 e. The van der Waals surface area contributed by atoms with Crippen molar-refractivity contribution in [2.24, 2.45) is 7.05 Å². The number of anilines is 2. The van der Waals surface area contributed by atoms with Gasteiger partial charge < -0.3 is 10.2 Å². The van der Waals surface area contributed by atoms with Crippen molar-refractivity contribution < 1.29 is 4.79 Å². The van der Waals surface area contributed by atoms with Gasteiger partial charge in [-0.05, 0) is 36.5 Å². The van der Waals surface area contributed by atoms with Gasteiger partial charge in [0, 0.05) is 44.9 Å². The molecule has 8 heteroatoms. The SMILES string of the molecule is Cn1nnc2c3c(ccc21)C(c1cnc(N2CCCCC2)nc1)CC(=O)N3. The van der Waals surface area contributed by atoms with E-state index in [9.17, 15) is 4.79 Å². The summed E-state index contributed by atoms with van der Waals surface area (Å²) < 4.78 is 1.71. The van der Waals surface area contributed by atoms with Crippen LogP contribution in [0.15, 0.2) is 24.5 Å². The Morgan fingerprint density at radius 2 is 1.89 bits per heavy atom. The lowest BCUT2D eigenvalue weighted by atomic mass is 9.86. The summed E-state index contributed by atoms with van der Waals surface area (Å²) in [5.41, 5.74) is 4.36. The normalized spacial score (nSPS) is 19.8. The third-order valence-corrected chi connectivity index (χ3v) is 5.55. The molecule has 3 aromatic rings. The zero-order valence-corrected chi connectivity index (χ0v) is 15.2. The van der Waals surface area contributed by atoms with Crippen molar-refractivity contribution in [2.75, 3.05) is 23.3 Å². The largest absolute Gasteiger partial charge is 0.341 e. The number of fused-ring (bicyclic) bond motifs is 3. The van der Waals surface area contributed by atoms with Gasteiger partial charge in [0.15, 0.2) is 0 Å². The fourth-order valence-corrected chi connectivity index (χ4v) is 4.09. The van der Waals surface area contributed by atoms with E-state index in [4.69, 9.17) is 0 Å². The molecule has 2 aliphatic rings. The van der Waals surface area contributed by atoms with Gasteiger partial charge in [-0.2, -0.15) is 0 Å². The van der Waals surface area contributed by atoms with E-state index in [0.717, 1.165) is 46.9 Å². The van der Waals surface area contributed by atoms with Crippen LogP contribution in [-0.4, -0.2) is 44.0 Å². The summed E-state index contributed by atoms with van der Waals surface area (Å²) in [7, 11) is 1.84. The van der Waals surface area contributed by atoms with Crippen LogP contribution < -0.4 is 10.2 Å². The second-order valence-electron chi connectivity index (χ2n) is 7.28. The van der Waals surface area contributed by atoms with E-state index in [-0.39, 0.29) is 11.8 Å². The van der Waals surface area contributed by atoms with Gasteiger partial charge in [-0.1, -0.05) is 11.3 Å². The average Bonchev–Trinajstić information content (AvgIpc) is 3.10. The summed E-state index contributed by atoms with van der Waals surface area (Å²) in [6.45, 7) is 2.03. The Kier molecular flexibility index (Phi) is 3.77. The molecule has 1 unspecified atom stereocenters. The number of hydrogen-bond donors (Lipinski definition) is 1. The van der Waals surface area contributed by atoms with Crippen LogP contribution in [0.4, 0.5) is 11.6 Å². The molecule has 138 valence electrons. The molecule has 1 aromatic carbocycles. The van der Waals surface area contributed by atoms with Gasteiger partial charge >= 0.3 is 0 Å². The fraction of sp³-hybridized carbons (Fsp3) is 0.421. The van der Waals surface area contributed by atoms with E-state index < -0.39 is 0 Å². The van der Waals surface area contributed by atoms with Crippen LogP contribution in [0.2, 0.25) is 0 Å².